The van der Waals surface area contributed by atoms with E-state index < -0.39 is 0 Å². The van der Waals surface area contributed by atoms with Crippen molar-refractivity contribution in [3.63, 3.8) is 0 Å². The second-order valence-electron chi connectivity index (χ2n) is 6.48. The molecule has 24 heavy (non-hydrogen) atoms. The summed E-state index contributed by atoms with van der Waals surface area (Å²) in [4.78, 5) is 2.33. The Morgan fingerprint density at radius 3 is 2.58 bits per heavy atom. The predicted molar refractivity (Wildman–Crippen MR) is 91.1 cm³/mol. The Labute approximate surface area is 141 Å². The highest BCUT2D eigenvalue weighted by Gasteiger charge is 2.37. The quantitative estimate of drug-likeness (QED) is 0.888. The molecule has 1 atom stereocenters. The van der Waals surface area contributed by atoms with Gasteiger partial charge in [-0.15, -0.1) is 0 Å². The predicted octanol–water partition coefficient (Wildman–Crippen LogP) is 2.87. The summed E-state index contributed by atoms with van der Waals surface area (Å²) in [6.45, 7) is 0.945. The normalized spacial score (nSPS) is 18.7. The molecule has 0 radical (unpaired) electrons. The van der Waals surface area contributed by atoms with E-state index in [-0.39, 0.29) is 17.5 Å². The van der Waals surface area contributed by atoms with Crippen LogP contribution in [0.1, 0.15) is 22.7 Å². The van der Waals surface area contributed by atoms with Gasteiger partial charge in [-0.25, -0.2) is 0 Å². The van der Waals surface area contributed by atoms with Gasteiger partial charge in [0.15, 0.2) is 23.0 Å². The molecule has 0 bridgehead atoms. The zero-order valence-corrected chi connectivity index (χ0v) is 14.1. The van der Waals surface area contributed by atoms with Crippen LogP contribution in [0.3, 0.4) is 0 Å². The maximum atomic E-state index is 10.8. The Kier molecular flexibility index (Phi) is 3.35. The Morgan fingerprint density at radius 2 is 1.88 bits per heavy atom. The van der Waals surface area contributed by atoms with Crippen LogP contribution in [0.2, 0.25) is 0 Å². The standard InChI is InChI=1S/C19H21NO4/c1-20-7-6-11-9-13(21)19(24-3)17-15(11)12(20)8-10-4-5-14(23-2)18(22)16(10)17/h4-5,9,12,21-22H,6-8H2,1-3H3. The second kappa shape index (κ2) is 5.31. The van der Waals surface area contributed by atoms with Crippen LogP contribution in [0.5, 0.6) is 23.0 Å². The molecule has 4 rings (SSSR count). The Hall–Kier alpha value is -2.40. The molecule has 1 unspecified atom stereocenters. The number of likely N-dealkylation sites (N-methyl/N-ethyl adjacent to an activating group) is 1. The van der Waals surface area contributed by atoms with Gasteiger partial charge in [-0.1, -0.05) is 6.07 Å². The van der Waals surface area contributed by atoms with Crippen LogP contribution in [0.15, 0.2) is 18.2 Å². The second-order valence-corrected chi connectivity index (χ2v) is 6.48. The summed E-state index contributed by atoms with van der Waals surface area (Å²) in [6.07, 6.45) is 1.68. The number of ether oxygens (including phenoxy) is 2. The first-order valence-corrected chi connectivity index (χ1v) is 8.09. The van der Waals surface area contributed by atoms with E-state index in [1.54, 1.807) is 19.2 Å². The average molecular weight is 327 g/mol. The highest BCUT2D eigenvalue weighted by atomic mass is 16.5. The molecule has 2 N–H and O–H groups in total. The lowest BCUT2D eigenvalue weighted by molar-refractivity contribution is 0.226. The summed E-state index contributed by atoms with van der Waals surface area (Å²) < 4.78 is 10.8. The van der Waals surface area contributed by atoms with Gasteiger partial charge in [0.2, 0.25) is 0 Å². The van der Waals surface area contributed by atoms with Gasteiger partial charge in [-0.05, 0) is 48.7 Å². The molecule has 1 heterocycles. The molecule has 2 aromatic rings. The van der Waals surface area contributed by atoms with Gasteiger partial charge < -0.3 is 19.7 Å². The van der Waals surface area contributed by atoms with E-state index in [1.807, 2.05) is 6.07 Å². The largest absolute Gasteiger partial charge is 0.504 e. The molecular formula is C19H21NO4. The van der Waals surface area contributed by atoms with Crippen molar-refractivity contribution in [2.45, 2.75) is 18.9 Å². The van der Waals surface area contributed by atoms with Gasteiger partial charge in [-0.3, -0.25) is 4.90 Å². The number of phenols is 2. The molecule has 126 valence electrons. The van der Waals surface area contributed by atoms with Gasteiger partial charge in [0, 0.05) is 23.7 Å². The first kappa shape index (κ1) is 15.1. The fourth-order valence-electron chi connectivity index (χ4n) is 4.13. The molecule has 0 saturated carbocycles. The molecule has 0 fully saturated rings. The van der Waals surface area contributed by atoms with E-state index in [0.29, 0.717) is 17.1 Å². The highest BCUT2D eigenvalue weighted by molar-refractivity contribution is 5.88. The summed E-state index contributed by atoms with van der Waals surface area (Å²) in [5, 5.41) is 21.2. The minimum atomic E-state index is 0.104. The van der Waals surface area contributed by atoms with E-state index in [4.69, 9.17) is 9.47 Å². The van der Waals surface area contributed by atoms with Crippen molar-refractivity contribution in [3.05, 3.63) is 34.9 Å². The molecular weight excluding hydrogens is 306 g/mol. The van der Waals surface area contributed by atoms with E-state index in [1.165, 1.54) is 7.11 Å². The Morgan fingerprint density at radius 1 is 1.08 bits per heavy atom. The first-order valence-electron chi connectivity index (χ1n) is 8.09. The molecule has 0 saturated heterocycles. The van der Waals surface area contributed by atoms with Crippen LogP contribution in [0.4, 0.5) is 0 Å². The fraction of sp³-hybridized carbons (Fsp3) is 0.368. The molecule has 0 aromatic heterocycles. The molecule has 5 nitrogen and oxygen atoms in total. The Bertz CT molecular complexity index is 831. The van der Waals surface area contributed by atoms with Crippen LogP contribution in [-0.2, 0) is 12.8 Å². The average Bonchev–Trinajstić information content (AvgIpc) is 2.58. The number of hydrogen-bond donors (Lipinski definition) is 2. The third kappa shape index (κ3) is 1.91. The number of rotatable bonds is 2. The van der Waals surface area contributed by atoms with Gasteiger partial charge in [0.05, 0.1) is 14.2 Å². The van der Waals surface area contributed by atoms with Crippen molar-refractivity contribution in [3.8, 4) is 34.1 Å². The van der Waals surface area contributed by atoms with Crippen LogP contribution in [0.25, 0.3) is 11.1 Å². The highest BCUT2D eigenvalue weighted by Crippen LogP contribution is 2.55. The minimum Gasteiger partial charge on any atom is -0.504 e. The summed E-state index contributed by atoms with van der Waals surface area (Å²) >= 11 is 0. The van der Waals surface area contributed by atoms with Crippen LogP contribution in [0, 0.1) is 0 Å². The summed E-state index contributed by atoms with van der Waals surface area (Å²) in [5.41, 5.74) is 4.81. The van der Waals surface area contributed by atoms with Gasteiger partial charge >= 0.3 is 0 Å². The number of aromatic hydroxyl groups is 2. The van der Waals surface area contributed by atoms with Crippen molar-refractivity contribution in [2.24, 2.45) is 0 Å². The number of fused-ring (bicyclic) bond motifs is 2. The first-order chi connectivity index (χ1) is 11.6. The number of methoxy groups -OCH3 is 2. The lowest BCUT2D eigenvalue weighted by Gasteiger charge is -2.40. The van der Waals surface area contributed by atoms with Gasteiger partial charge in [0.1, 0.15) is 0 Å². The SMILES string of the molecule is COc1ccc2c(c1O)-c1c(OC)c(O)cc3c1C(C2)N(C)CC3. The molecule has 0 spiro atoms. The number of hydrogen-bond acceptors (Lipinski definition) is 5. The number of benzene rings is 2. The number of nitrogens with zero attached hydrogens (tertiary/aromatic N) is 1. The molecule has 2 aromatic carbocycles. The van der Waals surface area contributed by atoms with Crippen LogP contribution < -0.4 is 9.47 Å². The lowest BCUT2D eigenvalue weighted by Crippen LogP contribution is -2.35. The minimum absolute atomic E-state index is 0.104. The van der Waals surface area contributed by atoms with Gasteiger partial charge in [-0.2, -0.15) is 0 Å². The van der Waals surface area contributed by atoms with Crippen molar-refractivity contribution in [2.75, 3.05) is 27.8 Å². The van der Waals surface area contributed by atoms with Crippen LogP contribution >= 0.6 is 0 Å². The maximum Gasteiger partial charge on any atom is 0.168 e. The van der Waals surface area contributed by atoms with E-state index in [2.05, 4.69) is 11.9 Å². The third-order valence-corrected chi connectivity index (χ3v) is 5.30. The molecule has 1 aliphatic carbocycles. The molecule has 5 heteroatoms. The van der Waals surface area contributed by atoms with E-state index in [9.17, 15) is 10.2 Å². The maximum absolute atomic E-state index is 10.8. The topological polar surface area (TPSA) is 62.2 Å². The van der Waals surface area contributed by atoms with Crippen molar-refractivity contribution in [1.82, 2.24) is 4.90 Å². The summed E-state index contributed by atoms with van der Waals surface area (Å²) in [6, 6.07) is 5.80. The monoisotopic (exact) mass is 327 g/mol. The molecule has 1 aliphatic heterocycles. The van der Waals surface area contributed by atoms with Gasteiger partial charge in [0.25, 0.3) is 0 Å². The smallest absolute Gasteiger partial charge is 0.168 e. The zero-order chi connectivity index (χ0) is 17.0. The number of phenolic OH excluding ortho intramolecular Hbond substituents is 2. The molecule has 0 amide bonds. The fourth-order valence-corrected chi connectivity index (χ4v) is 4.13. The van der Waals surface area contributed by atoms with Crippen molar-refractivity contribution >= 4 is 0 Å². The van der Waals surface area contributed by atoms with E-state index in [0.717, 1.165) is 41.6 Å². The zero-order valence-electron chi connectivity index (χ0n) is 14.1. The van der Waals surface area contributed by atoms with Crippen molar-refractivity contribution < 1.29 is 19.7 Å². The van der Waals surface area contributed by atoms with E-state index >= 15 is 0 Å². The van der Waals surface area contributed by atoms with Crippen molar-refractivity contribution in [1.29, 1.82) is 0 Å². The Balaban J connectivity index is 2.11. The third-order valence-electron chi connectivity index (χ3n) is 5.30. The van der Waals surface area contributed by atoms with Crippen LogP contribution in [-0.4, -0.2) is 42.9 Å². The lowest BCUT2D eigenvalue weighted by atomic mass is 9.76. The summed E-state index contributed by atoms with van der Waals surface area (Å²) in [7, 11) is 5.20. The molecule has 2 aliphatic rings. The summed E-state index contributed by atoms with van der Waals surface area (Å²) in [5.74, 6) is 1.06.